The number of nitriles is 1. The Kier molecular flexibility index (Phi) is 6.43. The molecule has 0 spiro atoms. The lowest BCUT2D eigenvalue weighted by molar-refractivity contribution is 1.12. The summed E-state index contributed by atoms with van der Waals surface area (Å²) in [7, 11) is 0. The molecule has 1 aromatic heterocycles. The molecule has 0 aliphatic heterocycles. The van der Waals surface area contributed by atoms with Gasteiger partial charge < -0.3 is 0 Å². The third-order valence-corrected chi connectivity index (χ3v) is 6.10. The van der Waals surface area contributed by atoms with Crippen LogP contribution in [0.25, 0.3) is 22.3 Å². The Morgan fingerprint density at radius 3 is 1.89 bits per heavy atom. The summed E-state index contributed by atoms with van der Waals surface area (Å²) in [5, 5.41) is 11.2. The summed E-state index contributed by atoms with van der Waals surface area (Å²) >= 11 is 37.7. The van der Waals surface area contributed by atoms with Gasteiger partial charge in [-0.3, -0.25) is 4.98 Å². The molecule has 0 unspecified atom stereocenters. The molecule has 1 heterocycles. The highest BCUT2D eigenvalue weighted by Crippen LogP contribution is 2.44. The van der Waals surface area contributed by atoms with E-state index in [1.54, 1.807) is 36.5 Å². The van der Waals surface area contributed by atoms with Crippen LogP contribution in [0.1, 0.15) is 5.69 Å². The van der Waals surface area contributed by atoms with Crippen molar-refractivity contribution >= 4 is 69.6 Å². The molecule has 136 valence electrons. The van der Waals surface area contributed by atoms with E-state index in [2.05, 4.69) is 11.1 Å². The molecule has 3 aromatic rings. The second-order valence-electron chi connectivity index (χ2n) is 5.49. The van der Waals surface area contributed by atoms with Gasteiger partial charge in [0.15, 0.2) is 0 Å². The van der Waals surface area contributed by atoms with Gasteiger partial charge in [-0.05, 0) is 30.3 Å². The SMILES string of the molecule is N#CCc1ncc(-c2c(Cl)ccc(Cl)c2Cl)cc1-c1c(Cl)ccc(Cl)c1Cl. The Bertz CT molecular complexity index is 1090. The summed E-state index contributed by atoms with van der Waals surface area (Å²) in [6.07, 6.45) is 1.64. The van der Waals surface area contributed by atoms with Gasteiger partial charge in [-0.15, -0.1) is 0 Å². The Balaban J connectivity index is 2.33. The molecule has 8 heteroatoms. The maximum atomic E-state index is 9.15. The molecule has 0 atom stereocenters. The van der Waals surface area contributed by atoms with E-state index < -0.39 is 0 Å². The number of pyridine rings is 1. The number of nitrogens with zero attached hydrogens (tertiary/aromatic N) is 2. The van der Waals surface area contributed by atoms with Crippen molar-refractivity contribution in [3.63, 3.8) is 0 Å². The van der Waals surface area contributed by atoms with Crippen LogP contribution in [0.15, 0.2) is 36.5 Å². The number of rotatable bonds is 3. The van der Waals surface area contributed by atoms with Crippen molar-refractivity contribution in [3.8, 4) is 28.3 Å². The lowest BCUT2D eigenvalue weighted by atomic mass is 9.97. The van der Waals surface area contributed by atoms with Crippen molar-refractivity contribution in [2.75, 3.05) is 0 Å². The van der Waals surface area contributed by atoms with Gasteiger partial charge in [0.1, 0.15) is 0 Å². The van der Waals surface area contributed by atoms with Gasteiger partial charge in [-0.2, -0.15) is 5.26 Å². The van der Waals surface area contributed by atoms with Crippen LogP contribution >= 0.6 is 69.6 Å². The fraction of sp³-hybridized carbons (Fsp3) is 0.0526. The van der Waals surface area contributed by atoms with E-state index in [1.807, 2.05) is 0 Å². The van der Waals surface area contributed by atoms with Crippen LogP contribution in [-0.2, 0) is 6.42 Å². The first-order valence-corrected chi connectivity index (χ1v) is 9.75. The summed E-state index contributed by atoms with van der Waals surface area (Å²) in [5.74, 6) is 0. The average molecular weight is 477 g/mol. The van der Waals surface area contributed by atoms with Crippen molar-refractivity contribution in [1.82, 2.24) is 4.98 Å². The summed E-state index contributed by atoms with van der Waals surface area (Å²) in [5.41, 5.74) is 2.69. The van der Waals surface area contributed by atoms with E-state index >= 15 is 0 Å². The van der Waals surface area contributed by atoms with Crippen molar-refractivity contribution < 1.29 is 0 Å². The monoisotopic (exact) mass is 474 g/mol. The first-order valence-electron chi connectivity index (χ1n) is 7.48. The van der Waals surface area contributed by atoms with Gasteiger partial charge in [-0.25, -0.2) is 0 Å². The molecule has 27 heavy (non-hydrogen) atoms. The first-order chi connectivity index (χ1) is 12.8. The molecule has 0 bridgehead atoms. The van der Waals surface area contributed by atoms with Crippen molar-refractivity contribution in [3.05, 3.63) is 72.4 Å². The smallest absolute Gasteiger partial charge is 0.0781 e. The van der Waals surface area contributed by atoms with Gasteiger partial charge in [0.25, 0.3) is 0 Å². The summed E-state index contributed by atoms with van der Waals surface area (Å²) < 4.78 is 0. The van der Waals surface area contributed by atoms with Crippen LogP contribution in [0.3, 0.4) is 0 Å². The molecular weight excluding hydrogens is 469 g/mol. The van der Waals surface area contributed by atoms with Crippen LogP contribution in [0.4, 0.5) is 0 Å². The van der Waals surface area contributed by atoms with E-state index in [-0.39, 0.29) is 11.4 Å². The zero-order valence-corrected chi connectivity index (χ0v) is 17.9. The fourth-order valence-electron chi connectivity index (χ4n) is 2.63. The minimum atomic E-state index is 0.0613. The lowest BCUT2D eigenvalue weighted by Crippen LogP contribution is -1.97. The molecule has 0 saturated carbocycles. The zero-order chi connectivity index (χ0) is 19.7. The predicted molar refractivity (Wildman–Crippen MR) is 114 cm³/mol. The molecule has 2 aromatic carbocycles. The van der Waals surface area contributed by atoms with Crippen LogP contribution in [0, 0.1) is 11.3 Å². The molecule has 0 fully saturated rings. The molecule has 0 saturated heterocycles. The highest BCUT2D eigenvalue weighted by molar-refractivity contribution is 6.47. The number of aromatic nitrogens is 1. The summed E-state index contributed by atoms with van der Waals surface area (Å²) in [4.78, 5) is 4.40. The normalized spacial score (nSPS) is 10.7. The second-order valence-corrected chi connectivity index (χ2v) is 7.87. The quantitative estimate of drug-likeness (QED) is 0.356. The van der Waals surface area contributed by atoms with Gasteiger partial charge in [0, 0.05) is 28.5 Å². The van der Waals surface area contributed by atoms with E-state index in [0.29, 0.717) is 53.1 Å². The highest BCUT2D eigenvalue weighted by Gasteiger charge is 2.19. The highest BCUT2D eigenvalue weighted by atomic mass is 35.5. The largest absolute Gasteiger partial charge is 0.259 e. The molecule has 2 nitrogen and oxygen atoms in total. The van der Waals surface area contributed by atoms with Crippen LogP contribution in [0.2, 0.25) is 30.1 Å². The number of hydrogen-bond donors (Lipinski definition) is 0. The van der Waals surface area contributed by atoms with Crippen molar-refractivity contribution in [2.24, 2.45) is 0 Å². The summed E-state index contributed by atoms with van der Waals surface area (Å²) in [6, 6.07) is 10.3. The van der Waals surface area contributed by atoms with Crippen LogP contribution < -0.4 is 0 Å². The van der Waals surface area contributed by atoms with Gasteiger partial charge >= 0.3 is 0 Å². The Morgan fingerprint density at radius 1 is 0.778 bits per heavy atom. The minimum Gasteiger partial charge on any atom is -0.259 e. The maximum Gasteiger partial charge on any atom is 0.0781 e. The van der Waals surface area contributed by atoms with E-state index in [9.17, 15) is 0 Å². The van der Waals surface area contributed by atoms with Gasteiger partial charge in [0.2, 0.25) is 0 Å². The number of hydrogen-bond acceptors (Lipinski definition) is 2. The molecule has 0 amide bonds. The molecule has 0 N–H and O–H groups in total. The van der Waals surface area contributed by atoms with E-state index in [4.69, 9.17) is 74.9 Å². The second kappa shape index (κ2) is 8.45. The Labute approximate surface area is 186 Å². The molecule has 3 rings (SSSR count). The minimum absolute atomic E-state index is 0.0613. The maximum absolute atomic E-state index is 9.15. The van der Waals surface area contributed by atoms with Crippen LogP contribution in [0.5, 0.6) is 0 Å². The molecular formula is C19H8Cl6N2. The average Bonchev–Trinajstić information content (AvgIpc) is 2.64. The summed E-state index contributed by atoms with van der Waals surface area (Å²) in [6.45, 7) is 0. The fourth-order valence-corrected chi connectivity index (χ4v) is 4.11. The van der Waals surface area contributed by atoms with Crippen molar-refractivity contribution in [1.29, 1.82) is 5.26 Å². The molecule has 0 aliphatic rings. The standard InChI is InChI=1S/C19H8Cl6N2/c20-11-1-3-13(22)18(24)16(11)9-7-10(15(5-6-26)27-8-9)17-12(21)2-4-14(23)19(17)25/h1-4,7-8H,5H2. The lowest BCUT2D eigenvalue weighted by Gasteiger charge is -2.15. The number of benzene rings is 2. The third-order valence-electron chi connectivity index (χ3n) is 3.86. The first kappa shape index (κ1) is 20.6. The zero-order valence-electron chi connectivity index (χ0n) is 13.3. The molecule has 0 aliphatic carbocycles. The van der Waals surface area contributed by atoms with Crippen LogP contribution in [-0.4, -0.2) is 4.98 Å². The topological polar surface area (TPSA) is 36.7 Å². The Morgan fingerprint density at radius 2 is 1.30 bits per heavy atom. The van der Waals surface area contributed by atoms with Crippen molar-refractivity contribution in [2.45, 2.75) is 6.42 Å². The number of halogens is 6. The molecule has 0 radical (unpaired) electrons. The predicted octanol–water partition coefficient (Wildman–Crippen LogP) is 8.40. The Hall–Kier alpha value is -1.18. The van der Waals surface area contributed by atoms with Gasteiger partial charge in [0.05, 0.1) is 48.3 Å². The van der Waals surface area contributed by atoms with E-state index in [1.165, 1.54) is 0 Å². The van der Waals surface area contributed by atoms with Gasteiger partial charge in [-0.1, -0.05) is 69.6 Å². The van der Waals surface area contributed by atoms with E-state index in [0.717, 1.165) is 0 Å². The third kappa shape index (κ3) is 4.00.